The Labute approximate surface area is 176 Å². The van der Waals surface area contributed by atoms with E-state index in [4.69, 9.17) is 0 Å². The van der Waals surface area contributed by atoms with Crippen LogP contribution in [-0.2, 0) is 10.0 Å². The van der Waals surface area contributed by atoms with Crippen molar-refractivity contribution in [2.75, 3.05) is 4.72 Å². The third-order valence-corrected chi connectivity index (χ3v) is 6.63. The summed E-state index contributed by atoms with van der Waals surface area (Å²) in [6.45, 7) is 9.56. The average Bonchev–Trinajstić information content (AvgIpc) is 2.98. The maximum atomic E-state index is 13.2. The number of hydrogen-bond acceptors (Lipinski definition) is 4. The van der Waals surface area contributed by atoms with Crippen LogP contribution in [0.2, 0.25) is 0 Å². The van der Waals surface area contributed by atoms with Gasteiger partial charge in [-0.05, 0) is 75.6 Å². The predicted octanol–water partition coefficient (Wildman–Crippen LogP) is 4.74. The Bertz CT molecular complexity index is 1390. The molecule has 0 radical (unpaired) electrons. The molecule has 2 aromatic carbocycles. The number of fused-ring (bicyclic) bond motifs is 1. The highest BCUT2D eigenvalue weighted by Gasteiger charge is 2.21. The molecule has 0 fully saturated rings. The summed E-state index contributed by atoms with van der Waals surface area (Å²) in [6, 6.07) is 14.7. The second kappa shape index (κ2) is 7.25. The molecule has 0 aliphatic rings. The first-order chi connectivity index (χ1) is 14.2. The summed E-state index contributed by atoms with van der Waals surface area (Å²) in [5.41, 5.74) is 7.21. The van der Waals surface area contributed by atoms with Crippen LogP contribution in [0.1, 0.15) is 28.2 Å². The van der Waals surface area contributed by atoms with Gasteiger partial charge in [0.15, 0.2) is 5.65 Å². The zero-order valence-corrected chi connectivity index (χ0v) is 18.5. The highest BCUT2D eigenvalue weighted by molar-refractivity contribution is 7.92. The second-order valence-electron chi connectivity index (χ2n) is 7.69. The minimum atomic E-state index is -3.75. The standard InChI is InChI=1S/C23H24N4O2S/c1-14-7-6-8-20(11-14)26-30(28,29)21-13-19(10-9-15(21)2)22-18(5)25-27-17(4)12-16(3)24-23(22)27/h6-13,26H,1-5H3. The first-order valence-electron chi connectivity index (χ1n) is 9.70. The molecule has 154 valence electrons. The van der Waals surface area contributed by atoms with Crippen molar-refractivity contribution in [1.82, 2.24) is 14.6 Å². The van der Waals surface area contributed by atoms with Crippen LogP contribution in [0.3, 0.4) is 0 Å². The lowest BCUT2D eigenvalue weighted by Crippen LogP contribution is -2.14. The Kier molecular flexibility index (Phi) is 4.86. The molecule has 0 bridgehead atoms. The topological polar surface area (TPSA) is 76.4 Å². The molecule has 6 nitrogen and oxygen atoms in total. The Hall–Kier alpha value is -3.19. The molecular formula is C23H24N4O2S. The van der Waals surface area contributed by atoms with Gasteiger partial charge < -0.3 is 0 Å². The van der Waals surface area contributed by atoms with Crippen molar-refractivity contribution in [3.8, 4) is 11.1 Å². The Balaban J connectivity index is 1.85. The van der Waals surface area contributed by atoms with Gasteiger partial charge in [-0.3, -0.25) is 4.72 Å². The fourth-order valence-electron chi connectivity index (χ4n) is 3.73. The van der Waals surface area contributed by atoms with Gasteiger partial charge in [-0.2, -0.15) is 5.10 Å². The molecule has 0 aliphatic heterocycles. The number of hydrogen-bond donors (Lipinski definition) is 1. The summed E-state index contributed by atoms with van der Waals surface area (Å²) in [4.78, 5) is 4.90. The zero-order chi connectivity index (χ0) is 21.6. The number of sulfonamides is 1. The van der Waals surface area contributed by atoms with Crippen LogP contribution in [-0.4, -0.2) is 23.0 Å². The molecule has 0 saturated carbocycles. The number of benzene rings is 2. The SMILES string of the molecule is Cc1cccc(NS(=O)(=O)c2cc(-c3c(C)nn4c(C)cc(C)nc34)ccc2C)c1. The van der Waals surface area contributed by atoms with Crippen LogP contribution in [0.15, 0.2) is 53.4 Å². The van der Waals surface area contributed by atoms with Gasteiger partial charge in [0.25, 0.3) is 10.0 Å². The Morgan fingerprint density at radius 1 is 0.933 bits per heavy atom. The number of rotatable bonds is 4. The maximum absolute atomic E-state index is 13.2. The number of nitrogens with one attached hydrogen (secondary N) is 1. The summed E-state index contributed by atoms with van der Waals surface area (Å²) < 4.78 is 30.8. The number of aryl methyl sites for hydroxylation is 5. The third kappa shape index (κ3) is 3.57. The largest absolute Gasteiger partial charge is 0.280 e. The van der Waals surface area contributed by atoms with Crippen LogP contribution in [0.5, 0.6) is 0 Å². The summed E-state index contributed by atoms with van der Waals surface area (Å²) in [6.07, 6.45) is 0. The van der Waals surface area contributed by atoms with Gasteiger partial charge in [-0.15, -0.1) is 0 Å². The Morgan fingerprint density at radius 3 is 2.43 bits per heavy atom. The van der Waals surface area contributed by atoms with E-state index >= 15 is 0 Å². The lowest BCUT2D eigenvalue weighted by atomic mass is 10.0. The molecule has 0 spiro atoms. The van der Waals surface area contributed by atoms with E-state index in [0.717, 1.165) is 39.4 Å². The third-order valence-electron chi connectivity index (χ3n) is 5.11. The molecule has 0 aliphatic carbocycles. The highest BCUT2D eigenvalue weighted by Crippen LogP contribution is 2.31. The van der Waals surface area contributed by atoms with Crippen LogP contribution in [0.4, 0.5) is 5.69 Å². The first-order valence-corrected chi connectivity index (χ1v) is 11.2. The lowest BCUT2D eigenvalue weighted by Gasteiger charge is -2.12. The van der Waals surface area contributed by atoms with Gasteiger partial charge >= 0.3 is 0 Å². The fraction of sp³-hybridized carbons (Fsp3) is 0.217. The van der Waals surface area contributed by atoms with E-state index in [1.165, 1.54) is 0 Å². The zero-order valence-electron chi connectivity index (χ0n) is 17.7. The second-order valence-corrected chi connectivity index (χ2v) is 9.34. The summed E-state index contributed by atoms with van der Waals surface area (Å²) in [5, 5.41) is 4.61. The van der Waals surface area contributed by atoms with Gasteiger partial charge in [0.1, 0.15) is 0 Å². The lowest BCUT2D eigenvalue weighted by molar-refractivity contribution is 0.600. The van der Waals surface area contributed by atoms with Crippen molar-refractivity contribution in [3.63, 3.8) is 0 Å². The molecule has 0 saturated heterocycles. The Morgan fingerprint density at radius 2 is 1.70 bits per heavy atom. The quantitative estimate of drug-likeness (QED) is 0.517. The molecule has 1 N–H and O–H groups in total. The number of aromatic nitrogens is 3. The number of nitrogens with zero attached hydrogens (tertiary/aromatic N) is 3. The van der Waals surface area contributed by atoms with E-state index in [2.05, 4.69) is 14.8 Å². The molecule has 4 aromatic rings. The number of anilines is 1. The van der Waals surface area contributed by atoms with E-state index in [1.54, 1.807) is 23.6 Å². The van der Waals surface area contributed by atoms with Gasteiger partial charge in [-0.1, -0.05) is 24.3 Å². The normalized spacial score (nSPS) is 11.8. The summed E-state index contributed by atoms with van der Waals surface area (Å²) >= 11 is 0. The van der Waals surface area contributed by atoms with Crippen molar-refractivity contribution in [3.05, 3.63) is 76.7 Å². The highest BCUT2D eigenvalue weighted by atomic mass is 32.2. The van der Waals surface area contributed by atoms with Crippen molar-refractivity contribution in [1.29, 1.82) is 0 Å². The smallest absolute Gasteiger partial charge is 0.262 e. The minimum Gasteiger partial charge on any atom is -0.280 e. The fourth-order valence-corrected chi connectivity index (χ4v) is 5.05. The van der Waals surface area contributed by atoms with Crippen LogP contribution >= 0.6 is 0 Å². The van der Waals surface area contributed by atoms with E-state index < -0.39 is 10.0 Å². The van der Waals surface area contributed by atoms with E-state index in [1.807, 2.05) is 64.1 Å². The minimum absolute atomic E-state index is 0.240. The van der Waals surface area contributed by atoms with Crippen molar-refractivity contribution in [2.45, 2.75) is 39.5 Å². The van der Waals surface area contributed by atoms with Gasteiger partial charge in [0.2, 0.25) is 0 Å². The van der Waals surface area contributed by atoms with Crippen LogP contribution in [0, 0.1) is 34.6 Å². The molecule has 30 heavy (non-hydrogen) atoms. The molecule has 4 rings (SSSR count). The van der Waals surface area contributed by atoms with Crippen molar-refractivity contribution >= 4 is 21.4 Å². The van der Waals surface area contributed by atoms with E-state index in [9.17, 15) is 8.42 Å². The predicted molar refractivity (Wildman–Crippen MR) is 119 cm³/mol. The monoisotopic (exact) mass is 420 g/mol. The van der Waals surface area contributed by atoms with Crippen molar-refractivity contribution in [2.24, 2.45) is 0 Å². The first kappa shape index (κ1) is 20.1. The molecule has 2 aromatic heterocycles. The molecule has 0 atom stereocenters. The molecule has 0 unspecified atom stereocenters. The maximum Gasteiger partial charge on any atom is 0.262 e. The van der Waals surface area contributed by atoms with E-state index in [0.29, 0.717) is 11.3 Å². The van der Waals surface area contributed by atoms with E-state index in [-0.39, 0.29) is 4.90 Å². The summed E-state index contributed by atoms with van der Waals surface area (Å²) in [7, 11) is -3.75. The molecule has 0 amide bonds. The summed E-state index contributed by atoms with van der Waals surface area (Å²) in [5.74, 6) is 0. The van der Waals surface area contributed by atoms with Gasteiger partial charge in [0, 0.05) is 22.6 Å². The molecular weight excluding hydrogens is 396 g/mol. The van der Waals surface area contributed by atoms with Crippen molar-refractivity contribution < 1.29 is 8.42 Å². The van der Waals surface area contributed by atoms with Gasteiger partial charge in [0.05, 0.1) is 10.6 Å². The van der Waals surface area contributed by atoms with Crippen LogP contribution < -0.4 is 4.72 Å². The average molecular weight is 421 g/mol. The van der Waals surface area contributed by atoms with Gasteiger partial charge in [-0.25, -0.2) is 17.9 Å². The molecule has 2 heterocycles. The van der Waals surface area contributed by atoms with Crippen LogP contribution in [0.25, 0.3) is 16.8 Å². The molecule has 7 heteroatoms.